The van der Waals surface area contributed by atoms with Gasteiger partial charge in [-0.3, -0.25) is 18.2 Å². The fraction of sp³-hybridized carbons (Fsp3) is 0.0238. The van der Waals surface area contributed by atoms with Crippen LogP contribution in [0.3, 0.4) is 0 Å². The SMILES string of the molecule is Cc1c(C#N)c(Nc2ccc(S(=O)(=O)O)cc2)nc(Nc2ccc(S(=O)(=O)O)cc2)c1N=Nc1nc(-c2ccc3ccccc3c2)c(N=Nc2cc(S(=O)(=O)O)c3cc(SOOO)cc(S(=O)(=O)O)c3c2)s1. The fourth-order valence-corrected chi connectivity index (χ4v) is 10.5. The second-order valence-corrected chi connectivity index (χ2v) is 22.1. The molecule has 7 N–H and O–H groups in total. The number of hydrogen-bond donors (Lipinski definition) is 7. The summed E-state index contributed by atoms with van der Waals surface area (Å²) < 4.78 is 141. The number of hydrogen-bond acceptors (Lipinski definition) is 22. The zero-order chi connectivity index (χ0) is 51.8. The Bertz CT molecular complexity index is 4060. The van der Waals surface area contributed by atoms with Crippen molar-refractivity contribution < 1.29 is 66.5 Å². The fourth-order valence-electron chi connectivity index (χ4n) is 6.90. The third-order valence-corrected chi connectivity index (χ3v) is 15.0. The quantitative estimate of drug-likeness (QED) is 0.0155. The van der Waals surface area contributed by atoms with Crippen LogP contribution in [0, 0.1) is 18.3 Å². The second-order valence-electron chi connectivity index (χ2n) is 14.8. The van der Waals surface area contributed by atoms with Crippen LogP contribution in [0.4, 0.5) is 44.5 Å². The Morgan fingerprint density at radius 2 is 1.22 bits per heavy atom. The number of nitriles is 1. The van der Waals surface area contributed by atoms with Crippen molar-refractivity contribution in [2.45, 2.75) is 31.4 Å². The molecule has 0 fully saturated rings. The van der Waals surface area contributed by atoms with Crippen LogP contribution in [-0.4, -0.2) is 67.1 Å². The molecule has 0 amide bonds. The molecule has 2 aromatic heterocycles. The molecule has 0 aliphatic heterocycles. The van der Waals surface area contributed by atoms with Crippen LogP contribution in [-0.2, 0) is 49.8 Å². The molecule has 2 heterocycles. The van der Waals surface area contributed by atoms with E-state index in [4.69, 9.17) is 5.26 Å². The van der Waals surface area contributed by atoms with Crippen LogP contribution in [0.15, 0.2) is 160 Å². The Morgan fingerprint density at radius 1 is 0.639 bits per heavy atom. The molecule has 0 radical (unpaired) electrons. The lowest BCUT2D eigenvalue weighted by atomic mass is 10.1. The summed E-state index contributed by atoms with van der Waals surface area (Å²) in [7, 11) is -19.3. The largest absolute Gasteiger partial charge is 0.339 e. The molecular formula is C42H29N9O15S6. The molecule has 0 bridgehead atoms. The molecule has 8 aromatic rings. The first-order valence-corrected chi connectivity index (χ1v) is 27.0. The normalized spacial score (nSPS) is 12.5. The Labute approximate surface area is 415 Å². The van der Waals surface area contributed by atoms with Crippen LogP contribution in [0.1, 0.15) is 11.1 Å². The minimum atomic E-state index is -5.14. The predicted octanol–water partition coefficient (Wildman–Crippen LogP) is 10.4. The van der Waals surface area contributed by atoms with Gasteiger partial charge in [0.15, 0.2) is 16.6 Å². The average Bonchev–Trinajstić information content (AvgIpc) is 3.74. The van der Waals surface area contributed by atoms with Gasteiger partial charge in [0, 0.05) is 38.2 Å². The number of rotatable bonds is 16. The number of aromatic nitrogens is 2. The third-order valence-electron chi connectivity index (χ3n) is 10.1. The van der Waals surface area contributed by atoms with Gasteiger partial charge in [0.25, 0.3) is 40.5 Å². The van der Waals surface area contributed by atoms with Crippen LogP contribution >= 0.6 is 23.4 Å². The summed E-state index contributed by atoms with van der Waals surface area (Å²) in [6.07, 6.45) is 0. The molecule has 8 rings (SSSR count). The zero-order valence-corrected chi connectivity index (χ0v) is 40.8. The molecule has 72 heavy (non-hydrogen) atoms. The van der Waals surface area contributed by atoms with E-state index in [-0.39, 0.29) is 78.3 Å². The number of nitrogens with one attached hydrogen (secondary N) is 2. The molecule has 0 aliphatic rings. The molecular weight excluding hydrogens is 1060 g/mol. The lowest BCUT2D eigenvalue weighted by Crippen LogP contribution is -2.05. The lowest BCUT2D eigenvalue weighted by Gasteiger charge is -2.16. The van der Waals surface area contributed by atoms with Crippen molar-refractivity contribution in [2.75, 3.05) is 10.6 Å². The van der Waals surface area contributed by atoms with Gasteiger partial charge >= 0.3 is 0 Å². The molecule has 24 nitrogen and oxygen atoms in total. The molecule has 368 valence electrons. The molecule has 6 aromatic carbocycles. The van der Waals surface area contributed by atoms with E-state index in [0.29, 0.717) is 5.56 Å². The summed E-state index contributed by atoms with van der Waals surface area (Å²) in [5.41, 5.74) is 0.912. The monoisotopic (exact) mass is 1090 g/mol. The molecule has 0 saturated heterocycles. The van der Waals surface area contributed by atoms with E-state index in [9.17, 15) is 57.1 Å². The van der Waals surface area contributed by atoms with E-state index in [0.717, 1.165) is 70.6 Å². The first-order chi connectivity index (χ1) is 34.0. The highest BCUT2D eigenvalue weighted by Crippen LogP contribution is 2.44. The van der Waals surface area contributed by atoms with E-state index >= 15 is 0 Å². The summed E-state index contributed by atoms with van der Waals surface area (Å²) >= 11 is 1.07. The van der Waals surface area contributed by atoms with Crippen LogP contribution in [0.2, 0.25) is 0 Å². The average molecular weight is 1090 g/mol. The Balaban J connectivity index is 1.26. The number of anilines is 4. The van der Waals surface area contributed by atoms with Crippen molar-refractivity contribution in [2.24, 2.45) is 20.5 Å². The number of benzene rings is 6. The summed E-state index contributed by atoms with van der Waals surface area (Å²) in [5, 5.41) is 46.6. The lowest BCUT2D eigenvalue weighted by molar-refractivity contribution is -0.432. The van der Waals surface area contributed by atoms with Crippen molar-refractivity contribution in [3.63, 3.8) is 0 Å². The van der Waals surface area contributed by atoms with Gasteiger partial charge in [0.2, 0.25) is 5.13 Å². The maximum Gasteiger partial charge on any atom is 0.295 e. The number of azo groups is 2. The van der Waals surface area contributed by atoms with Gasteiger partial charge in [-0.2, -0.15) is 38.9 Å². The van der Waals surface area contributed by atoms with Gasteiger partial charge in [-0.05, 0) is 96.6 Å². The summed E-state index contributed by atoms with van der Waals surface area (Å²) in [4.78, 5) is 6.57. The number of thiazole rings is 1. The summed E-state index contributed by atoms with van der Waals surface area (Å²) in [6, 6.07) is 28.4. The van der Waals surface area contributed by atoms with E-state index in [2.05, 4.69) is 56.5 Å². The highest BCUT2D eigenvalue weighted by Gasteiger charge is 2.25. The molecule has 0 aliphatic carbocycles. The maximum atomic E-state index is 12.7. The van der Waals surface area contributed by atoms with E-state index in [1.165, 1.54) is 31.2 Å². The van der Waals surface area contributed by atoms with Gasteiger partial charge in [0.1, 0.15) is 27.2 Å². The van der Waals surface area contributed by atoms with Gasteiger partial charge in [-0.15, -0.1) is 24.8 Å². The summed E-state index contributed by atoms with van der Waals surface area (Å²) in [5.74, 6) is -0.117. The minimum absolute atomic E-state index is 0.0381. The predicted molar refractivity (Wildman–Crippen MR) is 260 cm³/mol. The van der Waals surface area contributed by atoms with Gasteiger partial charge in [0.05, 0.1) is 33.1 Å². The number of fused-ring (bicyclic) bond motifs is 2. The van der Waals surface area contributed by atoms with Gasteiger partial charge in [-0.25, -0.2) is 15.2 Å². The van der Waals surface area contributed by atoms with E-state index < -0.39 is 70.8 Å². The number of pyridine rings is 1. The van der Waals surface area contributed by atoms with Gasteiger partial charge in [-0.1, -0.05) is 52.8 Å². The Hall–Kier alpha value is -7.22. The van der Waals surface area contributed by atoms with E-state index in [1.54, 1.807) is 12.1 Å². The highest BCUT2D eigenvalue weighted by atomic mass is 32.2. The topological polar surface area (TPSA) is 379 Å². The zero-order valence-electron chi connectivity index (χ0n) is 35.9. The van der Waals surface area contributed by atoms with Crippen molar-refractivity contribution in [1.29, 1.82) is 5.26 Å². The first-order valence-electron chi connectivity index (χ1n) is 19.7. The second kappa shape index (κ2) is 20.1. The van der Waals surface area contributed by atoms with E-state index in [1.807, 2.05) is 30.3 Å². The third kappa shape index (κ3) is 11.4. The standard InChI is InChI=1S/C42H29N9O15S6/c1-22-34(21-43)39(44-26-8-12-30(13-9-26)69(53,54)55)47-40(45-27-10-14-31(15-11-27)70(56,57)58)37(22)49-51-42-46-38(25-7-6-23-4-2-3-5-24(23)16-25)41(67-42)50-48-28-17-32-33(35(18-28)71(59,60)61)19-29(68-66-65-52)20-36(32)72(62,63)64/h2-20,52H,1H3,(H2,44,45,47)(H,53,54,55)(H,56,57,58)(H,59,60,61)(H,62,63,64). The highest BCUT2D eigenvalue weighted by molar-refractivity contribution is 7.94. The molecule has 0 saturated carbocycles. The molecule has 0 spiro atoms. The Kier molecular flexibility index (Phi) is 14.3. The molecule has 30 heteroatoms. The summed E-state index contributed by atoms with van der Waals surface area (Å²) in [6.45, 7) is 1.52. The van der Waals surface area contributed by atoms with Crippen LogP contribution < -0.4 is 10.6 Å². The van der Waals surface area contributed by atoms with Crippen molar-refractivity contribution >= 4 is 130 Å². The van der Waals surface area contributed by atoms with Crippen LogP contribution in [0.5, 0.6) is 0 Å². The van der Waals surface area contributed by atoms with Crippen molar-refractivity contribution in [3.05, 3.63) is 126 Å². The van der Waals surface area contributed by atoms with Crippen molar-refractivity contribution in [3.8, 4) is 17.3 Å². The molecule has 0 unspecified atom stereocenters. The smallest absolute Gasteiger partial charge is 0.295 e. The minimum Gasteiger partial charge on any atom is -0.339 e. The van der Waals surface area contributed by atoms with Crippen molar-refractivity contribution in [1.82, 2.24) is 9.97 Å². The maximum absolute atomic E-state index is 12.7. The first kappa shape index (κ1) is 51.1. The Morgan fingerprint density at radius 3 is 1.81 bits per heavy atom. The van der Waals surface area contributed by atoms with Crippen LogP contribution in [0.25, 0.3) is 32.8 Å². The molecule has 0 atom stereocenters. The van der Waals surface area contributed by atoms with Gasteiger partial charge < -0.3 is 10.6 Å². The number of nitrogens with zero attached hydrogens (tertiary/aromatic N) is 7.